The van der Waals surface area contributed by atoms with Crippen LogP contribution in [-0.4, -0.2) is 62.3 Å². The van der Waals surface area contributed by atoms with Crippen molar-refractivity contribution in [2.75, 3.05) is 32.1 Å². The second-order valence-electron chi connectivity index (χ2n) is 10.6. The minimum atomic E-state index is -3.69. The molecule has 1 aliphatic heterocycles. The maximum atomic E-state index is 13.3. The smallest absolute Gasteiger partial charge is 0.341 e. The van der Waals surface area contributed by atoms with Crippen molar-refractivity contribution in [3.05, 3.63) is 45.8 Å². The third-order valence-corrected chi connectivity index (χ3v) is 9.30. The van der Waals surface area contributed by atoms with Crippen LogP contribution < -0.4 is 5.32 Å². The Morgan fingerprint density at radius 2 is 1.65 bits per heavy atom. The highest BCUT2D eigenvalue weighted by atomic mass is 32.2. The van der Waals surface area contributed by atoms with E-state index in [0.717, 1.165) is 17.0 Å². The van der Waals surface area contributed by atoms with Gasteiger partial charge in [0.2, 0.25) is 10.0 Å². The van der Waals surface area contributed by atoms with Crippen LogP contribution in [0.5, 0.6) is 0 Å². The summed E-state index contributed by atoms with van der Waals surface area (Å²) in [5, 5.41) is 3.34. The number of ether oxygens (including phenoxy) is 1. The Labute approximate surface area is 225 Å². The number of methoxy groups -OCH3 is 1. The molecule has 1 N–H and O–H groups in total. The number of nitrogens with one attached hydrogen (secondary N) is 1. The van der Waals surface area contributed by atoms with E-state index in [2.05, 4.69) is 24.1 Å². The number of fused-ring (bicyclic) bond motifs is 1. The standard InChI is InChI=1S/C27H39N3O5S2/c1-17(2)14-30(15-18(3)4)37(33,34)21-10-8-20(9-11-21)25(31)28-26-24(27(32)35-7)22-12-13-29(19(5)6)16-23(22)36-26/h8-11,17-19H,12-16H2,1-7H3,(H,28,31). The highest BCUT2D eigenvalue weighted by Gasteiger charge is 2.30. The lowest BCUT2D eigenvalue weighted by molar-refractivity contribution is 0.0600. The first kappa shape index (κ1) is 29.3. The normalized spacial score (nSPS) is 14.5. The van der Waals surface area contributed by atoms with E-state index in [1.54, 1.807) is 0 Å². The van der Waals surface area contributed by atoms with Crippen molar-refractivity contribution in [2.45, 2.75) is 65.4 Å². The molecule has 0 spiro atoms. The third kappa shape index (κ3) is 6.79. The molecule has 0 radical (unpaired) electrons. The predicted molar refractivity (Wildman–Crippen MR) is 148 cm³/mol. The molecule has 0 saturated heterocycles. The first-order chi connectivity index (χ1) is 17.3. The Kier molecular flexibility index (Phi) is 9.55. The molecule has 204 valence electrons. The lowest BCUT2D eigenvalue weighted by Gasteiger charge is -2.30. The van der Waals surface area contributed by atoms with Gasteiger partial charge in [0, 0.05) is 42.7 Å². The van der Waals surface area contributed by atoms with Gasteiger partial charge in [-0.1, -0.05) is 27.7 Å². The first-order valence-electron chi connectivity index (χ1n) is 12.7. The molecule has 0 aliphatic carbocycles. The fraction of sp³-hybridized carbons (Fsp3) is 0.556. The number of hydrogen-bond donors (Lipinski definition) is 1. The summed E-state index contributed by atoms with van der Waals surface area (Å²) in [6.07, 6.45) is 0.708. The third-order valence-electron chi connectivity index (χ3n) is 6.33. The summed E-state index contributed by atoms with van der Waals surface area (Å²) >= 11 is 1.40. The van der Waals surface area contributed by atoms with Crippen molar-refractivity contribution < 1.29 is 22.7 Å². The number of carbonyl (C=O) groups is 2. The van der Waals surface area contributed by atoms with Gasteiger partial charge >= 0.3 is 5.97 Å². The van der Waals surface area contributed by atoms with E-state index in [9.17, 15) is 18.0 Å². The molecule has 2 heterocycles. The van der Waals surface area contributed by atoms with Gasteiger partial charge in [-0.25, -0.2) is 13.2 Å². The minimum Gasteiger partial charge on any atom is -0.465 e. The topological polar surface area (TPSA) is 96.0 Å². The van der Waals surface area contributed by atoms with Crippen molar-refractivity contribution in [3.63, 3.8) is 0 Å². The summed E-state index contributed by atoms with van der Waals surface area (Å²) in [6, 6.07) is 6.34. The van der Waals surface area contributed by atoms with Crippen LogP contribution in [0.2, 0.25) is 0 Å². The summed E-state index contributed by atoms with van der Waals surface area (Å²) in [7, 11) is -2.35. The van der Waals surface area contributed by atoms with E-state index < -0.39 is 21.9 Å². The average molecular weight is 550 g/mol. The van der Waals surface area contributed by atoms with Crippen molar-refractivity contribution in [2.24, 2.45) is 11.8 Å². The Hall–Kier alpha value is -2.27. The maximum Gasteiger partial charge on any atom is 0.341 e. The molecule has 1 amide bonds. The van der Waals surface area contributed by atoms with Crippen LogP contribution in [0.3, 0.4) is 0 Å². The van der Waals surface area contributed by atoms with Crippen LogP contribution >= 0.6 is 11.3 Å². The predicted octanol–water partition coefficient (Wildman–Crippen LogP) is 4.86. The molecule has 0 bridgehead atoms. The van der Waals surface area contributed by atoms with Crippen LogP contribution in [-0.2, 0) is 27.7 Å². The van der Waals surface area contributed by atoms with Crippen molar-refractivity contribution in [3.8, 4) is 0 Å². The highest BCUT2D eigenvalue weighted by molar-refractivity contribution is 7.89. The van der Waals surface area contributed by atoms with Crippen LogP contribution in [0.25, 0.3) is 0 Å². The SMILES string of the molecule is COC(=O)c1c(NC(=O)c2ccc(S(=O)(=O)N(CC(C)C)CC(C)C)cc2)sc2c1CCN(C(C)C)C2. The fourth-order valence-corrected chi connectivity index (χ4v) is 7.48. The zero-order chi connectivity index (χ0) is 27.5. The minimum absolute atomic E-state index is 0.154. The number of sulfonamides is 1. The number of benzene rings is 1. The molecular formula is C27H39N3O5S2. The molecule has 8 nitrogen and oxygen atoms in total. The number of carbonyl (C=O) groups excluding carboxylic acids is 2. The number of rotatable bonds is 10. The lowest BCUT2D eigenvalue weighted by Crippen LogP contribution is -2.37. The Bertz CT molecular complexity index is 1210. The number of thiophene rings is 1. The molecule has 2 aromatic rings. The number of amides is 1. The molecule has 1 aromatic carbocycles. The van der Waals surface area contributed by atoms with Crippen LogP contribution in [0.1, 0.15) is 72.7 Å². The molecule has 37 heavy (non-hydrogen) atoms. The quantitative estimate of drug-likeness (QED) is 0.426. The van der Waals surface area contributed by atoms with Gasteiger partial charge < -0.3 is 10.1 Å². The number of nitrogens with zero attached hydrogens (tertiary/aromatic N) is 2. The molecule has 10 heteroatoms. The van der Waals surface area contributed by atoms with Gasteiger partial charge in [0.15, 0.2) is 0 Å². The van der Waals surface area contributed by atoms with E-state index in [0.29, 0.717) is 48.2 Å². The van der Waals surface area contributed by atoms with Gasteiger partial charge in [0.05, 0.1) is 17.6 Å². The highest BCUT2D eigenvalue weighted by Crippen LogP contribution is 2.38. The van der Waals surface area contributed by atoms with E-state index in [1.165, 1.54) is 47.0 Å². The summed E-state index contributed by atoms with van der Waals surface area (Å²) < 4.78 is 33.1. The molecule has 0 saturated carbocycles. The Balaban J connectivity index is 1.85. The summed E-state index contributed by atoms with van der Waals surface area (Å²) in [5.41, 5.74) is 1.65. The van der Waals surface area contributed by atoms with Crippen molar-refractivity contribution in [1.29, 1.82) is 0 Å². The number of hydrogen-bond acceptors (Lipinski definition) is 7. The zero-order valence-corrected chi connectivity index (χ0v) is 24.5. The fourth-order valence-electron chi connectivity index (χ4n) is 4.46. The van der Waals surface area contributed by atoms with Crippen LogP contribution in [0.4, 0.5) is 5.00 Å². The Morgan fingerprint density at radius 1 is 1.05 bits per heavy atom. The average Bonchev–Trinajstić information content (AvgIpc) is 3.19. The van der Waals surface area contributed by atoms with Crippen LogP contribution in [0.15, 0.2) is 29.2 Å². The lowest BCUT2D eigenvalue weighted by atomic mass is 10.0. The van der Waals surface area contributed by atoms with E-state index in [1.807, 2.05) is 27.7 Å². The second kappa shape index (κ2) is 12.1. The van der Waals surface area contributed by atoms with E-state index in [-0.39, 0.29) is 16.7 Å². The van der Waals surface area contributed by atoms with Crippen molar-refractivity contribution >= 4 is 38.2 Å². The Morgan fingerprint density at radius 3 is 2.16 bits per heavy atom. The molecule has 0 fully saturated rings. The first-order valence-corrected chi connectivity index (χ1v) is 15.0. The number of anilines is 1. The van der Waals surface area contributed by atoms with Crippen LogP contribution in [0, 0.1) is 11.8 Å². The molecule has 0 atom stereocenters. The molecular weight excluding hydrogens is 510 g/mol. The molecule has 3 rings (SSSR count). The maximum absolute atomic E-state index is 13.3. The second-order valence-corrected chi connectivity index (χ2v) is 13.6. The van der Waals surface area contributed by atoms with Crippen molar-refractivity contribution in [1.82, 2.24) is 9.21 Å². The summed E-state index contributed by atoms with van der Waals surface area (Å²) in [6.45, 7) is 14.6. The van der Waals surface area contributed by atoms with Gasteiger partial charge in [-0.2, -0.15) is 4.31 Å². The molecule has 1 aromatic heterocycles. The molecule has 0 unspecified atom stereocenters. The molecule has 1 aliphatic rings. The number of esters is 1. The van der Waals surface area contributed by atoms with Gasteiger partial charge in [0.25, 0.3) is 5.91 Å². The van der Waals surface area contributed by atoms with Gasteiger partial charge in [-0.3, -0.25) is 9.69 Å². The van der Waals surface area contributed by atoms with Gasteiger partial charge in [-0.05, 0) is 61.9 Å². The van der Waals surface area contributed by atoms with E-state index >= 15 is 0 Å². The van der Waals surface area contributed by atoms with Gasteiger partial charge in [-0.15, -0.1) is 11.3 Å². The van der Waals surface area contributed by atoms with E-state index in [4.69, 9.17) is 4.74 Å². The largest absolute Gasteiger partial charge is 0.465 e. The van der Waals surface area contributed by atoms with Gasteiger partial charge in [0.1, 0.15) is 5.00 Å². The summed E-state index contributed by atoms with van der Waals surface area (Å²) in [4.78, 5) is 29.3. The zero-order valence-electron chi connectivity index (χ0n) is 22.8. The summed E-state index contributed by atoms with van der Waals surface area (Å²) in [5.74, 6) is -0.504. The monoisotopic (exact) mass is 549 g/mol.